The maximum atomic E-state index is 12.0. The van der Waals surface area contributed by atoms with E-state index in [1.165, 1.54) is 0 Å². The van der Waals surface area contributed by atoms with Crippen molar-refractivity contribution in [1.29, 1.82) is 0 Å². The summed E-state index contributed by atoms with van der Waals surface area (Å²) in [5.41, 5.74) is 0.383. The van der Waals surface area contributed by atoms with E-state index in [1.54, 1.807) is 30.1 Å². The predicted octanol–water partition coefficient (Wildman–Crippen LogP) is 2.64. The van der Waals surface area contributed by atoms with Gasteiger partial charge in [0, 0.05) is 6.54 Å². The van der Waals surface area contributed by atoms with Crippen molar-refractivity contribution in [3.8, 4) is 0 Å². The Labute approximate surface area is 141 Å². The summed E-state index contributed by atoms with van der Waals surface area (Å²) >= 11 is 12.0. The first-order chi connectivity index (χ1) is 10.3. The van der Waals surface area contributed by atoms with Crippen molar-refractivity contribution in [3.63, 3.8) is 0 Å². The molecule has 0 heterocycles. The Hall–Kier alpha value is -1.30. The van der Waals surface area contributed by atoms with Crippen molar-refractivity contribution < 1.29 is 9.59 Å². The van der Waals surface area contributed by atoms with E-state index in [9.17, 15) is 9.59 Å². The molecule has 0 saturated heterocycles. The molecule has 1 rings (SSSR count). The summed E-state index contributed by atoms with van der Waals surface area (Å²) in [6, 6.07) is 4.99. The highest BCUT2D eigenvalue weighted by Gasteiger charge is 2.13. The topological polar surface area (TPSA) is 61.4 Å². The van der Waals surface area contributed by atoms with Gasteiger partial charge in [0.25, 0.3) is 0 Å². The predicted molar refractivity (Wildman–Crippen MR) is 90.4 cm³/mol. The molecule has 2 amide bonds. The number of anilines is 1. The monoisotopic (exact) mass is 345 g/mol. The number of para-hydroxylation sites is 1. The number of benzene rings is 1. The lowest BCUT2D eigenvalue weighted by Crippen LogP contribution is -2.40. The molecule has 0 aromatic heterocycles. The Kier molecular flexibility index (Phi) is 7.65. The highest BCUT2D eigenvalue weighted by molar-refractivity contribution is 6.39. The molecule has 122 valence electrons. The number of hydrogen-bond donors (Lipinski definition) is 2. The summed E-state index contributed by atoms with van der Waals surface area (Å²) in [6.45, 7) is 4.87. The lowest BCUT2D eigenvalue weighted by atomic mass is 10.2. The van der Waals surface area contributed by atoms with E-state index in [0.717, 1.165) is 0 Å². The molecule has 22 heavy (non-hydrogen) atoms. The van der Waals surface area contributed by atoms with E-state index >= 15 is 0 Å². The Bertz CT molecular complexity index is 515. The molecular weight excluding hydrogens is 325 g/mol. The van der Waals surface area contributed by atoms with E-state index in [2.05, 4.69) is 10.6 Å². The molecule has 0 fully saturated rings. The van der Waals surface area contributed by atoms with Crippen LogP contribution in [-0.4, -0.2) is 43.4 Å². The number of hydrogen-bond acceptors (Lipinski definition) is 3. The Morgan fingerprint density at radius 2 is 1.68 bits per heavy atom. The average molecular weight is 346 g/mol. The summed E-state index contributed by atoms with van der Waals surface area (Å²) in [7, 11) is 1.70. The molecule has 0 aliphatic rings. The molecule has 0 unspecified atom stereocenters. The van der Waals surface area contributed by atoms with Gasteiger partial charge in [-0.1, -0.05) is 43.1 Å². The minimum atomic E-state index is -0.283. The Balaban J connectivity index is 2.46. The van der Waals surface area contributed by atoms with Crippen LogP contribution in [0.4, 0.5) is 5.69 Å². The lowest BCUT2D eigenvalue weighted by Gasteiger charge is -2.17. The zero-order valence-corrected chi connectivity index (χ0v) is 14.5. The van der Waals surface area contributed by atoms with E-state index in [0.29, 0.717) is 28.2 Å². The third-order valence-corrected chi connectivity index (χ3v) is 3.39. The standard InChI is InChI=1S/C15H21Cl2N3O2/c1-10(2)7-18-13(21)8-20(3)9-14(22)19-15-11(16)5-4-6-12(15)17/h4-6,10H,7-9H2,1-3H3,(H,18,21)(H,19,22). The molecule has 2 N–H and O–H groups in total. The molecule has 0 bridgehead atoms. The van der Waals surface area contributed by atoms with Crippen LogP contribution in [0.5, 0.6) is 0 Å². The second-order valence-electron chi connectivity index (χ2n) is 5.52. The molecule has 0 aliphatic carbocycles. The van der Waals surface area contributed by atoms with Crippen LogP contribution < -0.4 is 10.6 Å². The van der Waals surface area contributed by atoms with Gasteiger partial charge in [0.05, 0.1) is 28.8 Å². The third-order valence-electron chi connectivity index (χ3n) is 2.76. The van der Waals surface area contributed by atoms with Crippen LogP contribution in [0.3, 0.4) is 0 Å². The summed E-state index contributed by atoms with van der Waals surface area (Å²) < 4.78 is 0. The molecular formula is C15H21Cl2N3O2. The number of halogens is 2. The second kappa shape index (κ2) is 8.98. The number of amides is 2. The number of carbonyl (C=O) groups excluding carboxylic acids is 2. The number of nitrogens with one attached hydrogen (secondary N) is 2. The van der Waals surface area contributed by atoms with Crippen LogP contribution in [0.25, 0.3) is 0 Å². The van der Waals surface area contributed by atoms with E-state index < -0.39 is 0 Å². The van der Waals surface area contributed by atoms with Crippen LogP contribution >= 0.6 is 23.2 Å². The Morgan fingerprint density at radius 3 is 2.23 bits per heavy atom. The van der Waals surface area contributed by atoms with Gasteiger partial charge in [-0.2, -0.15) is 0 Å². The number of carbonyl (C=O) groups is 2. The van der Waals surface area contributed by atoms with Gasteiger partial charge in [-0.15, -0.1) is 0 Å². The maximum absolute atomic E-state index is 12.0. The van der Waals surface area contributed by atoms with Gasteiger partial charge in [0.15, 0.2) is 0 Å². The fourth-order valence-corrected chi connectivity index (χ4v) is 2.21. The molecule has 0 spiro atoms. The molecule has 0 atom stereocenters. The quantitative estimate of drug-likeness (QED) is 0.798. The molecule has 5 nitrogen and oxygen atoms in total. The van der Waals surface area contributed by atoms with Crippen molar-refractivity contribution in [3.05, 3.63) is 28.2 Å². The van der Waals surface area contributed by atoms with Crippen LogP contribution in [0.2, 0.25) is 10.0 Å². The fraction of sp³-hybridized carbons (Fsp3) is 0.467. The minimum Gasteiger partial charge on any atom is -0.355 e. The van der Waals surface area contributed by atoms with E-state index in [1.807, 2.05) is 13.8 Å². The normalized spacial score (nSPS) is 10.9. The summed E-state index contributed by atoms with van der Waals surface area (Å²) in [5, 5.41) is 6.20. The molecule has 0 aliphatic heterocycles. The van der Waals surface area contributed by atoms with Crippen LogP contribution in [0.1, 0.15) is 13.8 Å². The van der Waals surface area contributed by atoms with E-state index in [-0.39, 0.29) is 24.9 Å². The second-order valence-corrected chi connectivity index (χ2v) is 6.33. The summed E-state index contributed by atoms with van der Waals surface area (Å²) in [4.78, 5) is 25.3. The summed E-state index contributed by atoms with van der Waals surface area (Å²) in [6.07, 6.45) is 0. The van der Waals surface area contributed by atoms with Crippen molar-refractivity contribution in [2.24, 2.45) is 5.92 Å². The van der Waals surface area contributed by atoms with Crippen molar-refractivity contribution in [2.45, 2.75) is 13.8 Å². The minimum absolute atomic E-state index is 0.0661. The zero-order valence-electron chi connectivity index (χ0n) is 13.0. The highest BCUT2D eigenvalue weighted by Crippen LogP contribution is 2.29. The molecule has 7 heteroatoms. The first-order valence-electron chi connectivity index (χ1n) is 6.98. The van der Waals surface area contributed by atoms with E-state index in [4.69, 9.17) is 23.2 Å². The first-order valence-corrected chi connectivity index (χ1v) is 7.74. The number of nitrogens with zero attached hydrogens (tertiary/aromatic N) is 1. The smallest absolute Gasteiger partial charge is 0.238 e. The van der Waals surface area contributed by atoms with Gasteiger partial charge >= 0.3 is 0 Å². The molecule has 0 saturated carbocycles. The van der Waals surface area contributed by atoms with Crippen LogP contribution in [-0.2, 0) is 9.59 Å². The van der Waals surface area contributed by atoms with Gasteiger partial charge in [0.2, 0.25) is 11.8 Å². The zero-order chi connectivity index (χ0) is 16.7. The summed E-state index contributed by atoms with van der Waals surface area (Å²) in [5.74, 6) is -0.00569. The lowest BCUT2D eigenvalue weighted by molar-refractivity contribution is -0.123. The maximum Gasteiger partial charge on any atom is 0.238 e. The van der Waals surface area contributed by atoms with Crippen molar-refractivity contribution >= 4 is 40.7 Å². The fourth-order valence-electron chi connectivity index (χ4n) is 1.72. The van der Waals surface area contributed by atoms with Gasteiger partial charge in [-0.3, -0.25) is 14.5 Å². The van der Waals surface area contributed by atoms with Gasteiger partial charge in [-0.25, -0.2) is 0 Å². The number of likely N-dealkylation sites (N-methyl/N-ethyl adjacent to an activating group) is 1. The molecule has 1 aromatic rings. The highest BCUT2D eigenvalue weighted by atomic mass is 35.5. The third kappa shape index (κ3) is 6.64. The molecule has 1 aromatic carbocycles. The van der Waals surface area contributed by atoms with Gasteiger partial charge < -0.3 is 10.6 Å². The number of rotatable bonds is 7. The SMILES string of the molecule is CC(C)CNC(=O)CN(C)CC(=O)Nc1c(Cl)cccc1Cl. The van der Waals surface area contributed by atoms with Gasteiger partial charge in [0.1, 0.15) is 0 Å². The van der Waals surface area contributed by atoms with Crippen LogP contribution in [0.15, 0.2) is 18.2 Å². The Morgan fingerprint density at radius 1 is 1.14 bits per heavy atom. The molecule has 0 radical (unpaired) electrons. The first kappa shape index (κ1) is 18.7. The van der Waals surface area contributed by atoms with Crippen LogP contribution in [0, 0.1) is 5.92 Å². The largest absolute Gasteiger partial charge is 0.355 e. The van der Waals surface area contributed by atoms with Gasteiger partial charge in [-0.05, 0) is 25.1 Å². The van der Waals surface area contributed by atoms with Crippen molar-refractivity contribution in [2.75, 3.05) is 32.0 Å². The average Bonchev–Trinajstić information content (AvgIpc) is 2.40. The van der Waals surface area contributed by atoms with Crippen molar-refractivity contribution in [1.82, 2.24) is 10.2 Å².